The topological polar surface area (TPSA) is 38.3 Å². The maximum absolute atomic E-state index is 11.4. The van der Waals surface area contributed by atoms with Gasteiger partial charge in [0, 0.05) is 24.4 Å². The maximum Gasteiger partial charge on any atom is 0.220 e. The molecule has 102 valence electrons. The third kappa shape index (κ3) is 2.99. The van der Waals surface area contributed by atoms with Crippen molar-refractivity contribution in [3.63, 3.8) is 0 Å². The monoisotopic (exact) mass is 319 g/mol. The Morgan fingerprint density at radius 1 is 1.42 bits per heavy atom. The third-order valence-electron chi connectivity index (χ3n) is 2.89. The van der Waals surface area contributed by atoms with E-state index < -0.39 is 0 Å². The van der Waals surface area contributed by atoms with Crippen molar-refractivity contribution in [2.45, 2.75) is 12.3 Å². The highest BCUT2D eigenvalue weighted by Crippen LogP contribution is 2.44. The molecular weight excluding hydrogens is 309 g/mol. The average molecular weight is 321 g/mol. The molecule has 0 aromatic heterocycles. The highest BCUT2D eigenvalue weighted by molar-refractivity contribution is 6.44. The van der Waals surface area contributed by atoms with Crippen molar-refractivity contribution in [2.24, 2.45) is 0 Å². The normalized spacial score (nSPS) is 18.3. The number of nitrogens with one attached hydrogen (secondary N) is 1. The molecule has 1 atom stereocenters. The summed E-state index contributed by atoms with van der Waals surface area (Å²) in [6.07, 6.45) is 1.96. The van der Waals surface area contributed by atoms with Crippen molar-refractivity contribution in [1.29, 1.82) is 0 Å². The molecule has 1 N–H and O–H groups in total. The first kappa shape index (κ1) is 14.5. The van der Waals surface area contributed by atoms with Gasteiger partial charge in [-0.25, -0.2) is 0 Å². The molecule has 0 spiro atoms. The van der Waals surface area contributed by atoms with Gasteiger partial charge in [-0.3, -0.25) is 4.79 Å². The van der Waals surface area contributed by atoms with Gasteiger partial charge in [-0.1, -0.05) is 47.5 Å². The predicted molar refractivity (Wildman–Crippen MR) is 77.5 cm³/mol. The summed E-state index contributed by atoms with van der Waals surface area (Å²) in [5.74, 6) is 0.361. The molecule has 0 radical (unpaired) electrons. The van der Waals surface area contributed by atoms with Crippen LogP contribution < -0.4 is 10.1 Å². The van der Waals surface area contributed by atoms with E-state index in [4.69, 9.17) is 39.5 Å². The van der Waals surface area contributed by atoms with Crippen LogP contribution in [0.15, 0.2) is 18.7 Å². The van der Waals surface area contributed by atoms with Crippen molar-refractivity contribution in [3.8, 4) is 5.75 Å². The van der Waals surface area contributed by atoms with Crippen LogP contribution in [0, 0.1) is 0 Å². The Bertz CT molecular complexity index is 531. The van der Waals surface area contributed by atoms with Crippen LogP contribution in [0.3, 0.4) is 0 Å². The lowest BCUT2D eigenvalue weighted by Gasteiger charge is -2.18. The fourth-order valence-corrected chi connectivity index (χ4v) is 2.89. The molecule has 0 bridgehead atoms. The number of benzene rings is 1. The van der Waals surface area contributed by atoms with Crippen molar-refractivity contribution < 1.29 is 9.53 Å². The number of halogens is 3. The Hall–Kier alpha value is -0.900. The Morgan fingerprint density at radius 3 is 2.74 bits per heavy atom. The summed E-state index contributed by atoms with van der Waals surface area (Å²) in [5.41, 5.74) is 0.680. The summed E-state index contributed by atoms with van der Waals surface area (Å²) < 4.78 is 5.57. The lowest BCUT2D eigenvalue weighted by molar-refractivity contribution is -0.119. The van der Waals surface area contributed by atoms with E-state index in [0.29, 0.717) is 46.0 Å². The van der Waals surface area contributed by atoms with E-state index in [1.807, 2.05) is 0 Å². The molecule has 1 aliphatic rings. The van der Waals surface area contributed by atoms with Crippen LogP contribution in [0.2, 0.25) is 15.1 Å². The largest absolute Gasteiger partial charge is 0.488 e. The smallest absolute Gasteiger partial charge is 0.220 e. The van der Waals surface area contributed by atoms with Crippen LogP contribution in [0.25, 0.3) is 0 Å². The Balaban J connectivity index is 2.48. The molecule has 1 heterocycles. The van der Waals surface area contributed by atoms with Crippen LogP contribution in [-0.4, -0.2) is 19.1 Å². The van der Waals surface area contributed by atoms with E-state index in [9.17, 15) is 4.79 Å². The molecule has 1 aromatic rings. The van der Waals surface area contributed by atoms with Gasteiger partial charge in [0.15, 0.2) is 0 Å². The fraction of sp³-hybridized carbons (Fsp3) is 0.308. The first-order valence-corrected chi connectivity index (χ1v) is 6.85. The van der Waals surface area contributed by atoms with Gasteiger partial charge in [0.2, 0.25) is 5.91 Å². The minimum Gasteiger partial charge on any atom is -0.488 e. The standard InChI is InChI=1S/C13H12Cl3NO2/c1-2-3-19-13-9(15)5-8(14)12(16)11(13)7-4-10(18)17-6-7/h2,5,7H,1,3-4,6H2,(H,17,18). The molecule has 6 heteroatoms. The molecule has 1 unspecified atom stereocenters. The minimum atomic E-state index is -0.0870. The zero-order chi connectivity index (χ0) is 14.0. The summed E-state index contributed by atoms with van der Waals surface area (Å²) in [6, 6.07) is 1.54. The van der Waals surface area contributed by atoms with Crippen molar-refractivity contribution in [1.82, 2.24) is 5.32 Å². The first-order chi connectivity index (χ1) is 9.04. The van der Waals surface area contributed by atoms with Crippen LogP contribution in [0.1, 0.15) is 17.9 Å². The molecule has 1 aliphatic heterocycles. The van der Waals surface area contributed by atoms with E-state index in [2.05, 4.69) is 11.9 Å². The van der Waals surface area contributed by atoms with Crippen LogP contribution >= 0.6 is 34.8 Å². The number of amides is 1. The van der Waals surface area contributed by atoms with E-state index in [0.717, 1.165) is 0 Å². The van der Waals surface area contributed by atoms with Gasteiger partial charge in [-0.2, -0.15) is 0 Å². The van der Waals surface area contributed by atoms with Gasteiger partial charge >= 0.3 is 0 Å². The quantitative estimate of drug-likeness (QED) is 0.676. The molecule has 1 aromatic carbocycles. The summed E-state index contributed by atoms with van der Waals surface area (Å²) in [6.45, 7) is 4.40. The SMILES string of the molecule is C=CCOc1c(Cl)cc(Cl)c(Cl)c1C1CNC(=O)C1. The van der Waals surface area contributed by atoms with Crippen LogP contribution in [-0.2, 0) is 4.79 Å². The molecule has 19 heavy (non-hydrogen) atoms. The molecule has 3 nitrogen and oxygen atoms in total. The first-order valence-electron chi connectivity index (χ1n) is 5.72. The lowest BCUT2D eigenvalue weighted by Crippen LogP contribution is -2.14. The minimum absolute atomic E-state index is 0.0214. The Morgan fingerprint density at radius 2 is 2.16 bits per heavy atom. The van der Waals surface area contributed by atoms with Gasteiger partial charge in [0.05, 0.1) is 15.1 Å². The Labute approximate surface area is 126 Å². The van der Waals surface area contributed by atoms with E-state index in [1.165, 1.54) is 6.07 Å². The van der Waals surface area contributed by atoms with Crippen molar-refractivity contribution in [2.75, 3.05) is 13.2 Å². The maximum atomic E-state index is 11.4. The number of ether oxygens (including phenoxy) is 1. The van der Waals surface area contributed by atoms with Crippen molar-refractivity contribution in [3.05, 3.63) is 39.4 Å². The van der Waals surface area contributed by atoms with E-state index >= 15 is 0 Å². The van der Waals surface area contributed by atoms with Gasteiger partial charge in [-0.05, 0) is 6.07 Å². The second kappa shape index (κ2) is 6.04. The number of carbonyl (C=O) groups is 1. The molecule has 1 fully saturated rings. The Kier molecular flexibility index (Phi) is 4.61. The van der Waals surface area contributed by atoms with E-state index in [-0.39, 0.29) is 11.8 Å². The van der Waals surface area contributed by atoms with Crippen molar-refractivity contribution >= 4 is 40.7 Å². The molecule has 1 saturated heterocycles. The second-order valence-electron chi connectivity index (χ2n) is 4.20. The molecular formula is C13H12Cl3NO2. The second-order valence-corrected chi connectivity index (χ2v) is 5.39. The molecule has 2 rings (SSSR count). The van der Waals surface area contributed by atoms with E-state index in [1.54, 1.807) is 6.08 Å². The number of hydrogen-bond acceptors (Lipinski definition) is 2. The molecule has 0 aliphatic carbocycles. The number of carbonyl (C=O) groups excluding carboxylic acids is 1. The summed E-state index contributed by atoms with van der Waals surface area (Å²) in [5, 5.41) is 3.87. The highest BCUT2D eigenvalue weighted by Gasteiger charge is 2.30. The number of hydrogen-bond donors (Lipinski definition) is 1. The van der Waals surface area contributed by atoms with Crippen LogP contribution in [0.5, 0.6) is 5.75 Å². The molecule has 0 saturated carbocycles. The van der Waals surface area contributed by atoms with Gasteiger partial charge in [0.1, 0.15) is 12.4 Å². The molecule has 1 amide bonds. The zero-order valence-corrected chi connectivity index (χ0v) is 12.3. The summed E-state index contributed by atoms with van der Waals surface area (Å²) in [4.78, 5) is 11.4. The third-order valence-corrected chi connectivity index (χ3v) is 3.98. The summed E-state index contributed by atoms with van der Waals surface area (Å²) in [7, 11) is 0. The van der Waals surface area contributed by atoms with Gasteiger partial charge < -0.3 is 10.1 Å². The zero-order valence-electron chi connectivity index (χ0n) is 10.0. The average Bonchev–Trinajstić information content (AvgIpc) is 2.78. The predicted octanol–water partition coefficient (Wildman–Crippen LogP) is 3.82. The van der Waals surface area contributed by atoms with Crippen LogP contribution in [0.4, 0.5) is 0 Å². The lowest BCUT2D eigenvalue weighted by atomic mass is 9.97. The summed E-state index contributed by atoms with van der Waals surface area (Å²) >= 11 is 18.4. The number of rotatable bonds is 4. The fourth-order valence-electron chi connectivity index (χ4n) is 2.06. The van der Waals surface area contributed by atoms with Gasteiger partial charge in [0.25, 0.3) is 0 Å². The highest BCUT2D eigenvalue weighted by atomic mass is 35.5. The van der Waals surface area contributed by atoms with Gasteiger partial charge in [-0.15, -0.1) is 0 Å².